The van der Waals surface area contributed by atoms with Crippen LogP contribution in [0.5, 0.6) is 5.75 Å². The molecule has 0 saturated carbocycles. The standard InChI is InChI=1S/C9H9ClF3NO/c10-7-4-6(15)2-1-5(7)3-8(14)9(11,12)13/h1-2,4,8,15H,3,14H2. The molecule has 2 nitrogen and oxygen atoms in total. The van der Waals surface area contributed by atoms with Gasteiger partial charge in [-0.25, -0.2) is 0 Å². The topological polar surface area (TPSA) is 46.2 Å². The molecule has 6 heteroatoms. The number of aromatic hydroxyl groups is 1. The Hall–Kier alpha value is -0.940. The van der Waals surface area contributed by atoms with E-state index in [4.69, 9.17) is 22.4 Å². The molecule has 0 amide bonds. The minimum atomic E-state index is -4.44. The van der Waals surface area contributed by atoms with Crippen LogP contribution in [-0.2, 0) is 6.42 Å². The molecule has 3 N–H and O–H groups in total. The highest BCUT2D eigenvalue weighted by atomic mass is 35.5. The zero-order valence-electron chi connectivity index (χ0n) is 7.55. The Morgan fingerprint density at radius 1 is 1.40 bits per heavy atom. The van der Waals surface area contributed by atoms with Crippen LogP contribution in [0.3, 0.4) is 0 Å². The van der Waals surface area contributed by atoms with E-state index in [-0.39, 0.29) is 16.3 Å². The zero-order valence-corrected chi connectivity index (χ0v) is 8.31. The van der Waals surface area contributed by atoms with Crippen LogP contribution in [0.4, 0.5) is 13.2 Å². The van der Waals surface area contributed by atoms with Crippen LogP contribution in [-0.4, -0.2) is 17.3 Å². The SMILES string of the molecule is NC(Cc1ccc(O)cc1Cl)C(F)(F)F. The molecule has 0 aliphatic heterocycles. The number of rotatable bonds is 2. The number of alkyl halides is 3. The van der Waals surface area contributed by atoms with Crippen molar-refractivity contribution in [2.75, 3.05) is 0 Å². The molecule has 1 aromatic rings. The number of halogens is 4. The first kappa shape index (κ1) is 12.1. The number of phenolic OH excluding ortho intramolecular Hbond substituents is 1. The largest absolute Gasteiger partial charge is 0.508 e. The number of benzene rings is 1. The van der Waals surface area contributed by atoms with Gasteiger partial charge in [0, 0.05) is 5.02 Å². The molecule has 0 aliphatic rings. The molecule has 0 bridgehead atoms. The first-order valence-electron chi connectivity index (χ1n) is 4.10. The van der Waals surface area contributed by atoms with Crippen molar-refractivity contribution in [2.24, 2.45) is 5.73 Å². The van der Waals surface area contributed by atoms with Crippen LogP contribution in [0, 0.1) is 0 Å². The van der Waals surface area contributed by atoms with E-state index in [1.54, 1.807) is 0 Å². The van der Waals surface area contributed by atoms with Gasteiger partial charge in [0.2, 0.25) is 0 Å². The summed E-state index contributed by atoms with van der Waals surface area (Å²) in [5.41, 5.74) is 5.21. The van der Waals surface area contributed by atoms with Gasteiger partial charge in [-0.2, -0.15) is 13.2 Å². The summed E-state index contributed by atoms with van der Waals surface area (Å²) in [4.78, 5) is 0. The van der Waals surface area contributed by atoms with Gasteiger partial charge in [-0.05, 0) is 24.1 Å². The third-order valence-electron chi connectivity index (χ3n) is 1.90. The van der Waals surface area contributed by atoms with E-state index in [2.05, 4.69) is 0 Å². The Kier molecular flexibility index (Phi) is 3.46. The predicted octanol–water partition coefficient (Wildman–Crippen LogP) is 2.48. The Morgan fingerprint density at radius 2 is 2.00 bits per heavy atom. The maximum Gasteiger partial charge on any atom is 0.403 e. The van der Waals surface area contributed by atoms with Crippen LogP contribution in [0.2, 0.25) is 5.02 Å². The van der Waals surface area contributed by atoms with E-state index in [0.29, 0.717) is 0 Å². The molecule has 15 heavy (non-hydrogen) atoms. The summed E-state index contributed by atoms with van der Waals surface area (Å²) < 4.78 is 36.4. The van der Waals surface area contributed by atoms with Gasteiger partial charge in [0.15, 0.2) is 0 Å². The van der Waals surface area contributed by atoms with Gasteiger partial charge in [-0.3, -0.25) is 0 Å². The molecule has 1 unspecified atom stereocenters. The summed E-state index contributed by atoms with van der Waals surface area (Å²) in [6, 6.07) is 1.83. The molecule has 0 radical (unpaired) electrons. The molecule has 0 aliphatic carbocycles. The van der Waals surface area contributed by atoms with Crippen molar-refractivity contribution in [3.05, 3.63) is 28.8 Å². The van der Waals surface area contributed by atoms with Crippen molar-refractivity contribution in [1.82, 2.24) is 0 Å². The smallest absolute Gasteiger partial charge is 0.403 e. The molecule has 0 aromatic heterocycles. The quantitative estimate of drug-likeness (QED) is 0.833. The average molecular weight is 240 g/mol. The van der Waals surface area contributed by atoms with Crippen molar-refractivity contribution in [1.29, 1.82) is 0 Å². The van der Waals surface area contributed by atoms with Gasteiger partial charge in [0.25, 0.3) is 0 Å². The molecule has 84 valence electrons. The summed E-state index contributed by atoms with van der Waals surface area (Å²) in [6.07, 6.45) is -4.84. The monoisotopic (exact) mass is 239 g/mol. The molecule has 0 fully saturated rings. The van der Waals surface area contributed by atoms with Crippen LogP contribution >= 0.6 is 11.6 Å². The molecule has 1 atom stereocenters. The zero-order chi connectivity index (χ0) is 11.6. The maximum absolute atomic E-state index is 12.1. The van der Waals surface area contributed by atoms with Crippen LogP contribution in [0.25, 0.3) is 0 Å². The van der Waals surface area contributed by atoms with E-state index in [1.165, 1.54) is 18.2 Å². The average Bonchev–Trinajstić information content (AvgIpc) is 2.08. The van der Waals surface area contributed by atoms with Crippen molar-refractivity contribution < 1.29 is 18.3 Å². The highest BCUT2D eigenvalue weighted by Gasteiger charge is 2.36. The summed E-state index contributed by atoms with van der Waals surface area (Å²) in [6.45, 7) is 0. The van der Waals surface area contributed by atoms with Crippen LogP contribution in [0.15, 0.2) is 18.2 Å². The van der Waals surface area contributed by atoms with Crippen molar-refractivity contribution in [3.63, 3.8) is 0 Å². The van der Waals surface area contributed by atoms with Crippen LogP contribution < -0.4 is 5.73 Å². The normalized spacial score (nSPS) is 13.9. The Bertz CT molecular complexity index is 354. The second kappa shape index (κ2) is 4.28. The van der Waals surface area contributed by atoms with Crippen molar-refractivity contribution in [2.45, 2.75) is 18.6 Å². The molecular formula is C9H9ClF3NO. The number of phenols is 1. The van der Waals surface area contributed by atoms with E-state index >= 15 is 0 Å². The molecule has 0 spiro atoms. The van der Waals surface area contributed by atoms with Gasteiger partial charge in [0.05, 0.1) is 0 Å². The second-order valence-corrected chi connectivity index (χ2v) is 3.54. The summed E-state index contributed by atoms with van der Waals surface area (Å²) in [5, 5.41) is 9.07. The first-order valence-corrected chi connectivity index (χ1v) is 4.48. The maximum atomic E-state index is 12.1. The fourth-order valence-corrected chi connectivity index (χ4v) is 1.31. The van der Waals surface area contributed by atoms with Crippen molar-refractivity contribution >= 4 is 11.6 Å². The van der Waals surface area contributed by atoms with Gasteiger partial charge in [0.1, 0.15) is 11.8 Å². The Morgan fingerprint density at radius 3 is 2.47 bits per heavy atom. The molecule has 1 rings (SSSR count). The molecule has 0 heterocycles. The van der Waals surface area contributed by atoms with Crippen LogP contribution in [0.1, 0.15) is 5.56 Å². The van der Waals surface area contributed by atoms with Gasteiger partial charge < -0.3 is 10.8 Å². The van der Waals surface area contributed by atoms with Gasteiger partial charge in [-0.1, -0.05) is 17.7 Å². The van der Waals surface area contributed by atoms with E-state index in [1.807, 2.05) is 0 Å². The highest BCUT2D eigenvalue weighted by Crippen LogP contribution is 2.26. The summed E-state index contributed by atoms with van der Waals surface area (Å²) in [5.74, 6) is -0.0932. The number of hydrogen-bond donors (Lipinski definition) is 2. The van der Waals surface area contributed by atoms with Gasteiger partial charge in [-0.15, -0.1) is 0 Å². The minimum absolute atomic E-state index is 0.0784. The lowest BCUT2D eigenvalue weighted by atomic mass is 10.1. The van der Waals surface area contributed by atoms with E-state index < -0.39 is 18.6 Å². The fourth-order valence-electron chi connectivity index (χ4n) is 1.05. The summed E-state index contributed by atoms with van der Waals surface area (Å²) >= 11 is 5.64. The second-order valence-electron chi connectivity index (χ2n) is 3.13. The Balaban J connectivity index is 2.82. The summed E-state index contributed by atoms with van der Waals surface area (Å²) in [7, 11) is 0. The van der Waals surface area contributed by atoms with Crippen molar-refractivity contribution in [3.8, 4) is 5.75 Å². The highest BCUT2D eigenvalue weighted by molar-refractivity contribution is 6.31. The lowest BCUT2D eigenvalue weighted by molar-refractivity contribution is -0.147. The fraction of sp³-hybridized carbons (Fsp3) is 0.333. The molecule has 0 saturated heterocycles. The molecule has 1 aromatic carbocycles. The van der Waals surface area contributed by atoms with Gasteiger partial charge >= 0.3 is 6.18 Å². The third kappa shape index (κ3) is 3.28. The van der Waals surface area contributed by atoms with E-state index in [0.717, 1.165) is 0 Å². The lowest BCUT2D eigenvalue weighted by Gasteiger charge is -2.16. The first-order chi connectivity index (χ1) is 6.80. The third-order valence-corrected chi connectivity index (χ3v) is 2.25. The predicted molar refractivity (Wildman–Crippen MR) is 50.9 cm³/mol. The number of nitrogens with two attached hydrogens (primary N) is 1. The Labute approximate surface area is 89.5 Å². The van der Waals surface area contributed by atoms with E-state index in [9.17, 15) is 13.2 Å². The lowest BCUT2D eigenvalue weighted by Crippen LogP contribution is -2.39. The molecular weight excluding hydrogens is 231 g/mol. The number of hydrogen-bond acceptors (Lipinski definition) is 2. The minimum Gasteiger partial charge on any atom is -0.508 e.